The topological polar surface area (TPSA) is 105 Å². The van der Waals surface area contributed by atoms with Crippen LogP contribution in [0.3, 0.4) is 0 Å². The van der Waals surface area contributed by atoms with E-state index in [9.17, 15) is 9.59 Å². The van der Waals surface area contributed by atoms with Crippen molar-refractivity contribution in [3.8, 4) is 6.07 Å². The number of nitrogens with zero attached hydrogens (tertiary/aromatic N) is 3. The second kappa shape index (κ2) is 7.99. The lowest BCUT2D eigenvalue weighted by Crippen LogP contribution is -2.47. The molecule has 1 aromatic heterocycles. The van der Waals surface area contributed by atoms with Crippen LogP contribution in [0, 0.1) is 11.3 Å². The van der Waals surface area contributed by atoms with Gasteiger partial charge in [0.2, 0.25) is 0 Å². The highest BCUT2D eigenvalue weighted by atomic mass is 16.7. The number of rotatable bonds is 3. The average Bonchev–Trinajstić information content (AvgIpc) is 3.22. The summed E-state index contributed by atoms with van der Waals surface area (Å²) < 4.78 is 11.4. The minimum atomic E-state index is -0.555. The zero-order chi connectivity index (χ0) is 20.3. The highest BCUT2D eigenvalue weighted by Crippen LogP contribution is 2.31. The second-order valence-electron chi connectivity index (χ2n) is 6.94. The van der Waals surface area contributed by atoms with E-state index in [0.717, 1.165) is 0 Å². The smallest absolute Gasteiger partial charge is 0.272 e. The van der Waals surface area contributed by atoms with Crippen LogP contribution in [0.15, 0.2) is 42.6 Å². The van der Waals surface area contributed by atoms with Crippen molar-refractivity contribution in [1.82, 2.24) is 9.88 Å². The lowest BCUT2D eigenvalue weighted by molar-refractivity contribution is -0.181. The normalized spacial score (nSPS) is 17.7. The van der Waals surface area contributed by atoms with Gasteiger partial charge in [0.25, 0.3) is 11.8 Å². The molecule has 29 heavy (non-hydrogen) atoms. The van der Waals surface area contributed by atoms with Gasteiger partial charge in [-0.1, -0.05) is 12.1 Å². The molecular formula is C21H20N4O4. The molecule has 2 aliphatic rings. The number of carbonyl (C=O) groups excluding carboxylic acids is 2. The first kappa shape index (κ1) is 19.1. The van der Waals surface area contributed by atoms with Crippen LogP contribution < -0.4 is 5.32 Å². The maximum Gasteiger partial charge on any atom is 0.272 e. The molecule has 4 rings (SSSR count). The van der Waals surface area contributed by atoms with E-state index in [-0.39, 0.29) is 11.6 Å². The number of anilines is 1. The van der Waals surface area contributed by atoms with Crippen LogP contribution in [0.1, 0.15) is 39.3 Å². The fourth-order valence-corrected chi connectivity index (χ4v) is 3.57. The van der Waals surface area contributed by atoms with Gasteiger partial charge in [-0.15, -0.1) is 0 Å². The van der Waals surface area contributed by atoms with Crippen molar-refractivity contribution in [2.45, 2.75) is 18.6 Å². The molecule has 148 valence electrons. The largest absolute Gasteiger partial charge is 0.347 e. The van der Waals surface area contributed by atoms with Crippen LogP contribution in [0.25, 0.3) is 0 Å². The molecule has 0 radical (unpaired) electrons. The summed E-state index contributed by atoms with van der Waals surface area (Å²) >= 11 is 0. The molecule has 2 fully saturated rings. The Balaban J connectivity index is 1.45. The lowest BCUT2D eigenvalue weighted by Gasteiger charge is -2.37. The molecule has 1 N–H and O–H groups in total. The number of likely N-dealkylation sites (tertiary alicyclic amines) is 1. The third-order valence-electron chi connectivity index (χ3n) is 5.16. The van der Waals surface area contributed by atoms with E-state index >= 15 is 0 Å². The van der Waals surface area contributed by atoms with Crippen molar-refractivity contribution < 1.29 is 19.1 Å². The van der Waals surface area contributed by atoms with Crippen LogP contribution in [0.4, 0.5) is 5.69 Å². The lowest BCUT2D eigenvalue weighted by atomic mass is 10.0. The number of para-hydroxylation sites is 1. The first-order valence-electron chi connectivity index (χ1n) is 9.44. The summed E-state index contributed by atoms with van der Waals surface area (Å²) in [5.41, 5.74) is 1.29. The number of hydrogen-bond acceptors (Lipinski definition) is 6. The number of nitrogens with one attached hydrogen (secondary N) is 1. The van der Waals surface area contributed by atoms with E-state index in [2.05, 4.69) is 10.3 Å². The van der Waals surface area contributed by atoms with Gasteiger partial charge < -0.3 is 19.7 Å². The second-order valence-corrected chi connectivity index (χ2v) is 6.94. The Bertz CT molecular complexity index is 969. The minimum absolute atomic E-state index is 0.204. The predicted octanol–water partition coefficient (Wildman–Crippen LogP) is 2.18. The Morgan fingerprint density at radius 2 is 1.86 bits per heavy atom. The van der Waals surface area contributed by atoms with Gasteiger partial charge in [-0.2, -0.15) is 5.26 Å². The minimum Gasteiger partial charge on any atom is -0.347 e. The number of nitriles is 1. The van der Waals surface area contributed by atoms with E-state index in [1.165, 1.54) is 18.3 Å². The zero-order valence-corrected chi connectivity index (χ0v) is 15.8. The Labute approximate surface area is 168 Å². The number of ether oxygens (including phenoxy) is 2. The van der Waals surface area contributed by atoms with E-state index in [4.69, 9.17) is 14.7 Å². The Morgan fingerprint density at radius 3 is 2.59 bits per heavy atom. The van der Waals surface area contributed by atoms with Crippen molar-refractivity contribution >= 4 is 17.5 Å². The molecule has 0 bridgehead atoms. The quantitative estimate of drug-likeness (QED) is 0.859. The number of pyridine rings is 1. The fourth-order valence-electron chi connectivity index (χ4n) is 3.57. The number of aromatic nitrogens is 1. The number of piperidine rings is 1. The van der Waals surface area contributed by atoms with Crippen LogP contribution >= 0.6 is 0 Å². The maximum atomic E-state index is 12.8. The van der Waals surface area contributed by atoms with Gasteiger partial charge in [-0.3, -0.25) is 14.6 Å². The average molecular weight is 392 g/mol. The maximum absolute atomic E-state index is 12.8. The van der Waals surface area contributed by atoms with Crippen LogP contribution in [-0.2, 0) is 9.47 Å². The van der Waals surface area contributed by atoms with Crippen LogP contribution in [0.2, 0.25) is 0 Å². The molecule has 0 aliphatic carbocycles. The summed E-state index contributed by atoms with van der Waals surface area (Å²) in [4.78, 5) is 31.3. The SMILES string of the molecule is N#Cc1ccccc1NC(=O)c1ccnc(C(=O)N2CCC3(CC2)OCCO3)c1. The molecule has 2 saturated heterocycles. The summed E-state index contributed by atoms with van der Waals surface area (Å²) in [6.45, 7) is 2.18. The molecule has 2 aromatic rings. The van der Waals surface area contributed by atoms with Gasteiger partial charge in [0.1, 0.15) is 11.8 Å². The van der Waals surface area contributed by atoms with Gasteiger partial charge in [-0.05, 0) is 24.3 Å². The van der Waals surface area contributed by atoms with Crippen molar-refractivity contribution in [2.24, 2.45) is 0 Å². The Hall–Kier alpha value is -3.28. The Kier molecular flexibility index (Phi) is 5.25. The molecule has 0 atom stereocenters. The molecular weight excluding hydrogens is 372 g/mol. The molecule has 8 heteroatoms. The molecule has 2 amide bonds. The summed E-state index contributed by atoms with van der Waals surface area (Å²) in [5, 5.41) is 11.9. The third kappa shape index (κ3) is 3.97. The monoisotopic (exact) mass is 392 g/mol. The van der Waals surface area contributed by atoms with Crippen molar-refractivity contribution in [3.05, 3.63) is 59.4 Å². The van der Waals surface area contributed by atoms with Gasteiger partial charge in [0.15, 0.2) is 5.79 Å². The van der Waals surface area contributed by atoms with Crippen LogP contribution in [-0.4, -0.2) is 53.8 Å². The van der Waals surface area contributed by atoms with Gasteiger partial charge in [-0.25, -0.2) is 0 Å². The standard InChI is InChI=1S/C21H20N4O4/c22-14-16-3-1-2-4-17(16)24-19(26)15-5-8-23-18(13-15)20(27)25-9-6-21(7-10-25)28-11-12-29-21/h1-5,8,13H,6-7,9-12H2,(H,24,26). The summed E-state index contributed by atoms with van der Waals surface area (Å²) in [6, 6.07) is 11.8. The van der Waals surface area contributed by atoms with Crippen molar-refractivity contribution in [2.75, 3.05) is 31.6 Å². The van der Waals surface area contributed by atoms with Crippen LogP contribution in [0.5, 0.6) is 0 Å². The van der Waals surface area contributed by atoms with E-state index in [0.29, 0.717) is 56.0 Å². The molecule has 8 nitrogen and oxygen atoms in total. The highest BCUT2D eigenvalue weighted by Gasteiger charge is 2.41. The number of carbonyl (C=O) groups is 2. The third-order valence-corrected chi connectivity index (χ3v) is 5.16. The zero-order valence-electron chi connectivity index (χ0n) is 15.8. The van der Waals surface area contributed by atoms with Crippen molar-refractivity contribution in [3.63, 3.8) is 0 Å². The number of benzene rings is 1. The molecule has 0 saturated carbocycles. The molecule has 3 heterocycles. The molecule has 1 aromatic carbocycles. The number of hydrogen-bond donors (Lipinski definition) is 1. The van der Waals surface area contributed by atoms with Crippen molar-refractivity contribution in [1.29, 1.82) is 5.26 Å². The predicted molar refractivity (Wildman–Crippen MR) is 103 cm³/mol. The first-order valence-corrected chi connectivity index (χ1v) is 9.44. The first-order chi connectivity index (χ1) is 14.1. The van der Waals surface area contributed by atoms with E-state index in [1.807, 2.05) is 6.07 Å². The van der Waals surface area contributed by atoms with Gasteiger partial charge in [0, 0.05) is 37.7 Å². The Morgan fingerprint density at radius 1 is 1.14 bits per heavy atom. The van der Waals surface area contributed by atoms with E-state index < -0.39 is 11.7 Å². The van der Waals surface area contributed by atoms with Gasteiger partial charge in [0.05, 0.1) is 24.5 Å². The fraction of sp³-hybridized carbons (Fsp3) is 0.333. The molecule has 0 unspecified atom stereocenters. The summed E-state index contributed by atoms with van der Waals surface area (Å²) in [6.07, 6.45) is 2.67. The summed E-state index contributed by atoms with van der Waals surface area (Å²) in [7, 11) is 0. The van der Waals surface area contributed by atoms with Gasteiger partial charge >= 0.3 is 0 Å². The molecule has 1 spiro atoms. The molecule has 2 aliphatic heterocycles. The summed E-state index contributed by atoms with van der Waals surface area (Å²) in [5.74, 6) is -1.19. The number of amides is 2. The highest BCUT2D eigenvalue weighted by molar-refractivity contribution is 6.06. The van der Waals surface area contributed by atoms with E-state index in [1.54, 1.807) is 29.2 Å².